The first-order valence-corrected chi connectivity index (χ1v) is 7.05. The van der Waals surface area contributed by atoms with Gasteiger partial charge in [-0.05, 0) is 33.1 Å². The second kappa shape index (κ2) is 6.04. The molecule has 1 heterocycles. The van der Waals surface area contributed by atoms with Gasteiger partial charge in [0.15, 0.2) is 0 Å². The van der Waals surface area contributed by atoms with Crippen LogP contribution in [0.3, 0.4) is 0 Å². The molecule has 0 spiro atoms. The third-order valence-corrected chi connectivity index (χ3v) is 3.05. The van der Waals surface area contributed by atoms with Gasteiger partial charge in [-0.3, -0.25) is 0 Å². The fourth-order valence-corrected chi connectivity index (χ4v) is 1.96. The molecule has 1 fully saturated rings. The normalized spacial score (nSPS) is 21.3. The fraction of sp³-hybridized carbons (Fsp3) is 0.769. The molecule has 1 aliphatic carbocycles. The van der Waals surface area contributed by atoms with Crippen molar-refractivity contribution in [1.29, 1.82) is 0 Å². The predicted molar refractivity (Wildman–Crippen MR) is 75.6 cm³/mol. The van der Waals surface area contributed by atoms with Crippen LogP contribution in [-0.2, 0) is 0 Å². The van der Waals surface area contributed by atoms with E-state index >= 15 is 0 Å². The first kappa shape index (κ1) is 13.8. The van der Waals surface area contributed by atoms with Gasteiger partial charge in [-0.25, -0.2) is 0 Å². The molecule has 6 heteroatoms. The van der Waals surface area contributed by atoms with E-state index in [1.807, 2.05) is 20.8 Å². The first-order chi connectivity index (χ1) is 9.12. The van der Waals surface area contributed by atoms with Crippen molar-refractivity contribution < 1.29 is 4.74 Å². The summed E-state index contributed by atoms with van der Waals surface area (Å²) in [5.41, 5.74) is 0. The van der Waals surface area contributed by atoms with Crippen LogP contribution >= 0.6 is 0 Å². The van der Waals surface area contributed by atoms with E-state index in [-0.39, 0.29) is 6.10 Å². The molecule has 0 aromatic carbocycles. The number of anilines is 2. The molecule has 2 rings (SSSR count). The number of hydrogen-bond acceptors (Lipinski definition) is 6. The van der Waals surface area contributed by atoms with Gasteiger partial charge in [0.2, 0.25) is 11.9 Å². The van der Waals surface area contributed by atoms with E-state index in [1.54, 1.807) is 0 Å². The lowest BCUT2D eigenvalue weighted by molar-refractivity contribution is 0.222. The highest BCUT2D eigenvalue weighted by Gasteiger charge is 2.35. The van der Waals surface area contributed by atoms with Crippen molar-refractivity contribution >= 4 is 11.9 Å². The first-order valence-electron chi connectivity index (χ1n) is 7.05. The maximum absolute atomic E-state index is 5.55. The number of aromatic nitrogens is 3. The Bertz CT molecular complexity index is 423. The summed E-state index contributed by atoms with van der Waals surface area (Å²) in [6.07, 6.45) is 2.44. The summed E-state index contributed by atoms with van der Waals surface area (Å²) < 4.78 is 5.55. The third-order valence-electron chi connectivity index (χ3n) is 3.05. The van der Waals surface area contributed by atoms with Gasteiger partial charge in [0.25, 0.3) is 0 Å². The van der Waals surface area contributed by atoms with Gasteiger partial charge in [-0.2, -0.15) is 15.0 Å². The molecule has 2 unspecified atom stereocenters. The molecule has 0 amide bonds. The minimum absolute atomic E-state index is 0.0500. The Labute approximate surface area is 114 Å². The molecule has 106 valence electrons. The van der Waals surface area contributed by atoms with E-state index in [9.17, 15) is 0 Å². The average molecular weight is 265 g/mol. The highest BCUT2D eigenvalue weighted by molar-refractivity contribution is 5.38. The van der Waals surface area contributed by atoms with Crippen molar-refractivity contribution in [3.63, 3.8) is 0 Å². The molecule has 0 radical (unpaired) electrons. The van der Waals surface area contributed by atoms with Gasteiger partial charge >= 0.3 is 6.01 Å². The average Bonchev–Trinajstić information content (AvgIpc) is 3.06. The molecular formula is C13H23N5O. The van der Waals surface area contributed by atoms with E-state index in [1.165, 1.54) is 12.8 Å². The summed E-state index contributed by atoms with van der Waals surface area (Å²) >= 11 is 0. The smallest absolute Gasteiger partial charge is 0.323 e. The molecular weight excluding hydrogens is 242 g/mol. The Morgan fingerprint density at radius 3 is 2.53 bits per heavy atom. The van der Waals surface area contributed by atoms with Crippen LogP contribution in [0.5, 0.6) is 6.01 Å². The van der Waals surface area contributed by atoms with Gasteiger partial charge in [-0.1, -0.05) is 13.3 Å². The molecule has 2 atom stereocenters. The maximum atomic E-state index is 5.55. The monoisotopic (exact) mass is 265 g/mol. The fourth-order valence-electron chi connectivity index (χ4n) is 1.96. The molecule has 0 aliphatic heterocycles. The molecule has 1 saturated carbocycles. The Hall–Kier alpha value is -1.59. The van der Waals surface area contributed by atoms with Crippen LogP contribution in [0.15, 0.2) is 0 Å². The SMILES string of the molecule is CCNc1nc(NC2CC2CC)nc(OC(C)C)n1. The van der Waals surface area contributed by atoms with Crippen LogP contribution in [-0.4, -0.2) is 33.6 Å². The lowest BCUT2D eigenvalue weighted by Crippen LogP contribution is -2.15. The van der Waals surface area contributed by atoms with Gasteiger partial charge in [0.1, 0.15) is 0 Å². The molecule has 19 heavy (non-hydrogen) atoms. The summed E-state index contributed by atoms with van der Waals surface area (Å²) in [7, 11) is 0. The Morgan fingerprint density at radius 1 is 1.21 bits per heavy atom. The van der Waals surface area contributed by atoms with Crippen LogP contribution in [0.4, 0.5) is 11.9 Å². The minimum atomic E-state index is 0.0500. The quantitative estimate of drug-likeness (QED) is 0.788. The van der Waals surface area contributed by atoms with Crippen molar-refractivity contribution in [3.05, 3.63) is 0 Å². The molecule has 6 nitrogen and oxygen atoms in total. The zero-order chi connectivity index (χ0) is 13.8. The third kappa shape index (κ3) is 3.94. The molecule has 2 N–H and O–H groups in total. The van der Waals surface area contributed by atoms with Gasteiger partial charge < -0.3 is 15.4 Å². The van der Waals surface area contributed by atoms with Gasteiger partial charge in [0, 0.05) is 12.6 Å². The minimum Gasteiger partial charge on any atom is -0.461 e. The predicted octanol–water partition coefficient (Wildman–Crippen LogP) is 2.30. The molecule has 1 aromatic rings. The zero-order valence-corrected chi connectivity index (χ0v) is 12.1. The van der Waals surface area contributed by atoms with Crippen molar-refractivity contribution in [3.8, 4) is 6.01 Å². The van der Waals surface area contributed by atoms with E-state index in [4.69, 9.17) is 4.74 Å². The van der Waals surface area contributed by atoms with Crippen LogP contribution < -0.4 is 15.4 Å². The molecule has 0 saturated heterocycles. The number of nitrogens with zero attached hydrogens (tertiary/aromatic N) is 3. The second-order valence-corrected chi connectivity index (χ2v) is 5.12. The number of nitrogens with one attached hydrogen (secondary N) is 2. The highest BCUT2D eigenvalue weighted by Crippen LogP contribution is 2.35. The second-order valence-electron chi connectivity index (χ2n) is 5.12. The standard InChI is InChI=1S/C13H23N5O/c1-5-9-7-10(9)15-12-16-11(14-6-2)17-13(18-12)19-8(3)4/h8-10H,5-7H2,1-4H3,(H2,14,15,16,17,18). The Morgan fingerprint density at radius 2 is 1.95 bits per heavy atom. The highest BCUT2D eigenvalue weighted by atomic mass is 16.5. The van der Waals surface area contributed by atoms with E-state index in [0.717, 1.165) is 12.5 Å². The van der Waals surface area contributed by atoms with E-state index < -0.39 is 0 Å². The number of hydrogen-bond donors (Lipinski definition) is 2. The van der Waals surface area contributed by atoms with Gasteiger partial charge in [-0.15, -0.1) is 0 Å². The largest absolute Gasteiger partial charge is 0.461 e. The number of ether oxygens (including phenoxy) is 1. The molecule has 0 bridgehead atoms. The Balaban J connectivity index is 2.09. The van der Waals surface area contributed by atoms with Crippen molar-refractivity contribution in [2.24, 2.45) is 5.92 Å². The zero-order valence-electron chi connectivity index (χ0n) is 12.1. The topological polar surface area (TPSA) is 72.0 Å². The summed E-state index contributed by atoms with van der Waals surface area (Å²) in [4.78, 5) is 12.9. The van der Waals surface area contributed by atoms with E-state index in [0.29, 0.717) is 23.9 Å². The Kier molecular flexibility index (Phi) is 4.39. The van der Waals surface area contributed by atoms with Crippen molar-refractivity contribution in [2.45, 2.75) is 52.7 Å². The number of rotatable bonds is 7. The van der Waals surface area contributed by atoms with Crippen molar-refractivity contribution in [1.82, 2.24) is 15.0 Å². The summed E-state index contributed by atoms with van der Waals surface area (Å²) in [6.45, 7) is 8.90. The van der Waals surface area contributed by atoms with Crippen LogP contribution in [0.2, 0.25) is 0 Å². The lowest BCUT2D eigenvalue weighted by Gasteiger charge is -2.11. The van der Waals surface area contributed by atoms with Crippen LogP contribution in [0, 0.1) is 5.92 Å². The van der Waals surface area contributed by atoms with Crippen molar-refractivity contribution in [2.75, 3.05) is 17.2 Å². The van der Waals surface area contributed by atoms with Gasteiger partial charge in [0.05, 0.1) is 6.10 Å². The summed E-state index contributed by atoms with van der Waals surface area (Å²) in [5, 5.41) is 6.45. The lowest BCUT2D eigenvalue weighted by atomic mass is 10.3. The molecule has 1 aromatic heterocycles. The van der Waals surface area contributed by atoms with Crippen LogP contribution in [0.25, 0.3) is 0 Å². The van der Waals surface area contributed by atoms with Crippen LogP contribution in [0.1, 0.15) is 40.5 Å². The summed E-state index contributed by atoms with van der Waals surface area (Å²) in [6, 6.07) is 0.867. The molecule has 1 aliphatic rings. The van der Waals surface area contributed by atoms with E-state index in [2.05, 4.69) is 32.5 Å². The maximum Gasteiger partial charge on any atom is 0.323 e. The summed E-state index contributed by atoms with van der Waals surface area (Å²) in [5.74, 6) is 1.90.